The minimum atomic E-state index is -0.987. The van der Waals surface area contributed by atoms with Crippen LogP contribution in [0.1, 0.15) is 15.9 Å². The number of ether oxygens (including phenoxy) is 1. The molecule has 3 rings (SSSR count). The van der Waals surface area contributed by atoms with Gasteiger partial charge in [0.15, 0.2) is 0 Å². The van der Waals surface area contributed by atoms with Gasteiger partial charge in [0.1, 0.15) is 35.6 Å². The molecule has 3 aromatic rings. The number of para-hydroxylation sites is 1. The molecule has 1 aromatic heterocycles. The lowest BCUT2D eigenvalue weighted by molar-refractivity contribution is 0.0942. The zero-order valence-electron chi connectivity index (χ0n) is 13.2. The Kier molecular flexibility index (Phi) is 4.69. The third-order valence-electron chi connectivity index (χ3n) is 3.57. The minimum absolute atomic E-state index is 0.00285. The van der Waals surface area contributed by atoms with Crippen molar-refractivity contribution in [3.8, 4) is 11.4 Å². The van der Waals surface area contributed by atoms with Gasteiger partial charge in [-0.2, -0.15) is 5.10 Å². The van der Waals surface area contributed by atoms with Crippen molar-refractivity contribution in [3.63, 3.8) is 0 Å². The highest BCUT2D eigenvalue weighted by Gasteiger charge is 2.19. The van der Waals surface area contributed by atoms with E-state index in [9.17, 15) is 13.6 Å². The Bertz CT molecular complexity index is 874. The van der Waals surface area contributed by atoms with Gasteiger partial charge in [0.25, 0.3) is 5.91 Å². The number of nitrogens with one attached hydrogen (secondary N) is 1. The Balaban J connectivity index is 1.80. The van der Waals surface area contributed by atoms with Crippen LogP contribution >= 0.6 is 0 Å². The van der Waals surface area contributed by atoms with E-state index in [2.05, 4.69) is 15.4 Å². The van der Waals surface area contributed by atoms with Crippen LogP contribution in [0.25, 0.3) is 5.69 Å². The first-order chi connectivity index (χ1) is 12.1. The summed E-state index contributed by atoms with van der Waals surface area (Å²) >= 11 is 0. The third-order valence-corrected chi connectivity index (χ3v) is 3.57. The van der Waals surface area contributed by atoms with Crippen LogP contribution in [0.15, 0.2) is 49.1 Å². The summed E-state index contributed by atoms with van der Waals surface area (Å²) in [5.74, 6) is -2.83. The summed E-state index contributed by atoms with van der Waals surface area (Å²) in [5.41, 5.74) is 0.769. The SMILES string of the molecule is COc1cc(F)c(C(=O)NCc2ccccc2-n2cncn2)c(F)c1. The first-order valence-electron chi connectivity index (χ1n) is 7.34. The summed E-state index contributed by atoms with van der Waals surface area (Å²) in [7, 11) is 1.29. The number of rotatable bonds is 5. The second-order valence-corrected chi connectivity index (χ2v) is 5.12. The molecule has 0 radical (unpaired) electrons. The van der Waals surface area contributed by atoms with Gasteiger partial charge in [0, 0.05) is 18.7 Å². The normalized spacial score (nSPS) is 10.5. The third kappa shape index (κ3) is 3.47. The Morgan fingerprint density at radius 1 is 1.24 bits per heavy atom. The quantitative estimate of drug-likeness (QED) is 0.772. The van der Waals surface area contributed by atoms with E-state index in [1.165, 1.54) is 24.4 Å². The summed E-state index contributed by atoms with van der Waals surface area (Å²) in [5, 5.41) is 6.55. The van der Waals surface area contributed by atoms with Crippen LogP contribution in [-0.2, 0) is 6.54 Å². The number of methoxy groups -OCH3 is 1. The van der Waals surface area contributed by atoms with Crippen LogP contribution in [0.3, 0.4) is 0 Å². The summed E-state index contributed by atoms with van der Waals surface area (Å²) in [6.07, 6.45) is 2.90. The molecule has 0 saturated heterocycles. The number of hydrogen-bond acceptors (Lipinski definition) is 4. The fraction of sp³-hybridized carbons (Fsp3) is 0.118. The van der Waals surface area contributed by atoms with E-state index >= 15 is 0 Å². The van der Waals surface area contributed by atoms with Crippen molar-refractivity contribution in [1.82, 2.24) is 20.1 Å². The minimum Gasteiger partial charge on any atom is -0.497 e. The zero-order valence-corrected chi connectivity index (χ0v) is 13.2. The van der Waals surface area contributed by atoms with Gasteiger partial charge in [-0.05, 0) is 11.6 Å². The first-order valence-corrected chi connectivity index (χ1v) is 7.34. The molecule has 128 valence electrons. The van der Waals surface area contributed by atoms with Gasteiger partial charge in [-0.3, -0.25) is 4.79 Å². The van der Waals surface area contributed by atoms with Crippen LogP contribution in [0.2, 0.25) is 0 Å². The van der Waals surface area contributed by atoms with E-state index in [0.29, 0.717) is 5.69 Å². The summed E-state index contributed by atoms with van der Waals surface area (Å²) in [6, 6.07) is 9.09. The van der Waals surface area contributed by atoms with Crippen molar-refractivity contribution >= 4 is 5.91 Å². The van der Waals surface area contributed by atoms with Gasteiger partial charge < -0.3 is 10.1 Å². The highest BCUT2D eigenvalue weighted by atomic mass is 19.1. The summed E-state index contributed by atoms with van der Waals surface area (Å²) in [4.78, 5) is 16.1. The fourth-order valence-corrected chi connectivity index (χ4v) is 2.36. The molecule has 0 saturated carbocycles. The van der Waals surface area contributed by atoms with Crippen molar-refractivity contribution in [2.24, 2.45) is 0 Å². The topological polar surface area (TPSA) is 69.0 Å². The zero-order chi connectivity index (χ0) is 17.8. The van der Waals surface area contributed by atoms with Crippen molar-refractivity contribution in [3.05, 3.63) is 71.8 Å². The molecule has 0 spiro atoms. The fourth-order valence-electron chi connectivity index (χ4n) is 2.36. The molecule has 25 heavy (non-hydrogen) atoms. The second kappa shape index (κ2) is 7.08. The van der Waals surface area contributed by atoms with Crippen LogP contribution < -0.4 is 10.1 Å². The second-order valence-electron chi connectivity index (χ2n) is 5.12. The van der Waals surface area contributed by atoms with E-state index in [4.69, 9.17) is 4.74 Å². The molecule has 0 aliphatic carbocycles. The number of hydrogen-bond donors (Lipinski definition) is 1. The highest BCUT2D eigenvalue weighted by molar-refractivity contribution is 5.94. The number of amides is 1. The Labute approximate surface area is 142 Å². The van der Waals surface area contributed by atoms with E-state index < -0.39 is 23.1 Å². The number of carbonyl (C=O) groups is 1. The lowest BCUT2D eigenvalue weighted by Gasteiger charge is -2.11. The van der Waals surface area contributed by atoms with Crippen molar-refractivity contribution in [2.45, 2.75) is 6.54 Å². The molecule has 0 bridgehead atoms. The summed E-state index contributed by atoms with van der Waals surface area (Å²) in [6.45, 7) is 0.0692. The van der Waals surface area contributed by atoms with E-state index in [-0.39, 0.29) is 12.3 Å². The molecule has 1 heterocycles. The Morgan fingerprint density at radius 2 is 1.96 bits per heavy atom. The van der Waals surface area contributed by atoms with Crippen LogP contribution in [0.5, 0.6) is 5.75 Å². The molecule has 0 atom stereocenters. The maximum Gasteiger partial charge on any atom is 0.257 e. The molecule has 1 N–H and O–H groups in total. The van der Waals surface area contributed by atoms with Crippen LogP contribution in [0, 0.1) is 11.6 Å². The monoisotopic (exact) mass is 344 g/mol. The number of halogens is 2. The van der Waals surface area contributed by atoms with Gasteiger partial charge in [0.2, 0.25) is 0 Å². The predicted molar refractivity (Wildman–Crippen MR) is 85.4 cm³/mol. The Hall–Kier alpha value is -3.29. The van der Waals surface area contributed by atoms with Crippen molar-refractivity contribution < 1.29 is 18.3 Å². The largest absolute Gasteiger partial charge is 0.497 e. The van der Waals surface area contributed by atoms with E-state index in [0.717, 1.165) is 17.7 Å². The highest BCUT2D eigenvalue weighted by Crippen LogP contribution is 2.21. The molecule has 0 unspecified atom stereocenters. The molecular formula is C17H14F2N4O2. The molecule has 8 heteroatoms. The predicted octanol–water partition coefficient (Wildman–Crippen LogP) is 2.48. The van der Waals surface area contributed by atoms with Gasteiger partial charge in [0.05, 0.1) is 12.8 Å². The average molecular weight is 344 g/mol. The lowest BCUT2D eigenvalue weighted by atomic mass is 10.1. The van der Waals surface area contributed by atoms with E-state index in [1.807, 2.05) is 6.07 Å². The van der Waals surface area contributed by atoms with Gasteiger partial charge in [-0.1, -0.05) is 18.2 Å². The van der Waals surface area contributed by atoms with Crippen molar-refractivity contribution in [1.29, 1.82) is 0 Å². The number of carbonyl (C=O) groups excluding carboxylic acids is 1. The van der Waals surface area contributed by atoms with E-state index in [1.54, 1.807) is 18.2 Å². The molecule has 1 amide bonds. The maximum absolute atomic E-state index is 14.0. The van der Waals surface area contributed by atoms with Crippen LogP contribution in [-0.4, -0.2) is 27.8 Å². The van der Waals surface area contributed by atoms with Gasteiger partial charge in [-0.15, -0.1) is 0 Å². The van der Waals surface area contributed by atoms with Gasteiger partial charge >= 0.3 is 0 Å². The molecule has 2 aromatic carbocycles. The average Bonchev–Trinajstić information content (AvgIpc) is 3.14. The standard InChI is InChI=1S/C17H14F2N4O2/c1-25-12-6-13(18)16(14(19)7-12)17(24)21-8-11-4-2-3-5-15(11)23-10-20-9-22-23/h2-7,9-10H,8H2,1H3,(H,21,24). The summed E-state index contributed by atoms with van der Waals surface area (Å²) < 4.78 is 34.3. The number of nitrogens with zero attached hydrogens (tertiary/aromatic N) is 3. The lowest BCUT2D eigenvalue weighted by Crippen LogP contribution is -2.25. The number of aromatic nitrogens is 3. The molecule has 6 nitrogen and oxygen atoms in total. The Morgan fingerprint density at radius 3 is 2.60 bits per heavy atom. The molecule has 0 aliphatic rings. The van der Waals surface area contributed by atoms with Crippen molar-refractivity contribution in [2.75, 3.05) is 7.11 Å². The maximum atomic E-state index is 14.0. The first kappa shape index (κ1) is 16.6. The molecule has 0 fully saturated rings. The smallest absolute Gasteiger partial charge is 0.257 e. The molecular weight excluding hydrogens is 330 g/mol. The van der Waals surface area contributed by atoms with Crippen LogP contribution in [0.4, 0.5) is 8.78 Å². The molecule has 0 aliphatic heterocycles. The van der Waals surface area contributed by atoms with Gasteiger partial charge in [-0.25, -0.2) is 18.4 Å². The number of benzene rings is 2.